The van der Waals surface area contributed by atoms with E-state index >= 15 is 0 Å². The molecule has 0 unspecified atom stereocenters. The van der Waals surface area contributed by atoms with E-state index < -0.39 is 5.91 Å². The van der Waals surface area contributed by atoms with Gasteiger partial charge in [0.15, 0.2) is 5.82 Å². The van der Waals surface area contributed by atoms with Gasteiger partial charge in [0.1, 0.15) is 11.4 Å². The number of nitrogens with one attached hydrogen (secondary N) is 1. The van der Waals surface area contributed by atoms with Crippen LogP contribution >= 0.6 is 0 Å². The van der Waals surface area contributed by atoms with Gasteiger partial charge in [-0.1, -0.05) is 0 Å². The molecule has 3 N–H and O–H groups in total. The average Bonchev–Trinajstić information content (AvgIpc) is 3.40. The Balaban J connectivity index is 1.42. The average molecular weight is 372 g/mol. The van der Waals surface area contributed by atoms with E-state index in [1.54, 1.807) is 18.3 Å². The Morgan fingerprint density at radius 3 is 2.52 bits per heavy atom. The lowest BCUT2D eigenvalue weighted by atomic mass is 9.93. The Morgan fingerprint density at radius 2 is 1.89 bits per heavy atom. The van der Waals surface area contributed by atoms with Crippen molar-refractivity contribution in [2.24, 2.45) is 11.7 Å². The van der Waals surface area contributed by atoms with Crippen LogP contribution in [-0.4, -0.2) is 28.4 Å². The first-order valence-electron chi connectivity index (χ1n) is 9.61. The predicted molar refractivity (Wildman–Crippen MR) is 100 cm³/mol. The van der Waals surface area contributed by atoms with Crippen LogP contribution in [0.5, 0.6) is 0 Å². The zero-order valence-corrected chi connectivity index (χ0v) is 15.2. The van der Waals surface area contributed by atoms with Gasteiger partial charge in [-0.15, -0.1) is 0 Å². The summed E-state index contributed by atoms with van der Waals surface area (Å²) in [6.45, 7) is 0.897. The summed E-state index contributed by atoms with van der Waals surface area (Å²) < 4.78 is 20.9. The van der Waals surface area contributed by atoms with Gasteiger partial charge in [0, 0.05) is 18.5 Å². The molecule has 144 valence electrons. The van der Waals surface area contributed by atoms with E-state index in [9.17, 15) is 9.18 Å². The number of anilines is 2. The van der Waals surface area contributed by atoms with Crippen molar-refractivity contribution in [2.45, 2.75) is 50.7 Å². The molecule has 4 rings (SSSR count). The number of rotatable bonds is 7. The van der Waals surface area contributed by atoms with Gasteiger partial charge in [-0.2, -0.15) is 5.10 Å². The Bertz CT molecular complexity index is 793. The van der Waals surface area contributed by atoms with Crippen molar-refractivity contribution in [3.63, 3.8) is 0 Å². The lowest BCUT2D eigenvalue weighted by Crippen LogP contribution is -2.24. The highest BCUT2D eigenvalue weighted by Gasteiger charge is 2.28. The highest BCUT2D eigenvalue weighted by Crippen LogP contribution is 2.34. The molecular formula is C20H25FN4O2. The second-order valence-corrected chi connectivity index (χ2v) is 7.57. The third kappa shape index (κ3) is 4.47. The zero-order valence-electron chi connectivity index (χ0n) is 15.2. The van der Waals surface area contributed by atoms with Crippen molar-refractivity contribution in [3.8, 4) is 0 Å². The van der Waals surface area contributed by atoms with Gasteiger partial charge in [0.2, 0.25) is 0 Å². The molecule has 2 fully saturated rings. The summed E-state index contributed by atoms with van der Waals surface area (Å²) in [5.74, 6) is 0.336. The normalized spacial score (nSPS) is 22.6. The molecule has 2 saturated carbocycles. The molecule has 1 heterocycles. The van der Waals surface area contributed by atoms with Crippen LogP contribution in [0.15, 0.2) is 30.5 Å². The third-order valence-electron chi connectivity index (χ3n) is 5.39. The first-order valence-corrected chi connectivity index (χ1v) is 9.61. The maximum absolute atomic E-state index is 13.1. The molecule has 2 aliphatic carbocycles. The fraction of sp³-hybridized carbons (Fsp3) is 0.500. The van der Waals surface area contributed by atoms with Crippen molar-refractivity contribution in [2.75, 3.05) is 11.9 Å². The summed E-state index contributed by atoms with van der Waals surface area (Å²) in [4.78, 5) is 11.8. The summed E-state index contributed by atoms with van der Waals surface area (Å²) in [5, 5.41) is 7.62. The molecule has 0 radical (unpaired) electrons. The predicted octanol–water partition coefficient (Wildman–Crippen LogP) is 3.78. The minimum absolute atomic E-state index is 0.229. The lowest BCUT2D eigenvalue weighted by Gasteiger charge is -2.28. The number of benzene rings is 1. The molecule has 27 heavy (non-hydrogen) atoms. The van der Waals surface area contributed by atoms with E-state index in [1.165, 1.54) is 25.0 Å². The quantitative estimate of drug-likeness (QED) is 0.775. The monoisotopic (exact) mass is 372 g/mol. The van der Waals surface area contributed by atoms with Crippen LogP contribution in [0.3, 0.4) is 0 Å². The topological polar surface area (TPSA) is 82.2 Å². The van der Waals surface area contributed by atoms with Gasteiger partial charge in [-0.05, 0) is 68.7 Å². The Kier molecular flexibility index (Phi) is 5.11. The van der Waals surface area contributed by atoms with Crippen LogP contribution in [0.4, 0.5) is 15.9 Å². The van der Waals surface area contributed by atoms with Gasteiger partial charge < -0.3 is 15.8 Å². The number of ether oxygens (including phenoxy) is 1. The van der Waals surface area contributed by atoms with Crippen molar-refractivity contribution >= 4 is 17.4 Å². The molecule has 1 aromatic carbocycles. The number of primary amides is 1. The van der Waals surface area contributed by atoms with Crippen LogP contribution in [0.25, 0.3) is 0 Å². The standard InChI is InChI=1S/C20H25FN4O2/c21-14-3-5-15(6-4-14)23-20-18(19(22)26)11-25(24-20)16-7-9-17(10-8-16)27-12-13-1-2-13/h3-6,11,13,16-17H,1-2,7-10,12H2,(H2,22,26)(H,23,24). The van der Waals surface area contributed by atoms with Gasteiger partial charge in [-0.25, -0.2) is 4.39 Å². The molecule has 1 amide bonds. The number of halogens is 1. The van der Waals surface area contributed by atoms with Crippen LogP contribution in [0.1, 0.15) is 54.9 Å². The number of aromatic nitrogens is 2. The molecule has 0 bridgehead atoms. The van der Waals surface area contributed by atoms with Gasteiger partial charge in [-0.3, -0.25) is 9.48 Å². The number of amides is 1. The maximum atomic E-state index is 13.1. The fourth-order valence-corrected chi connectivity index (χ4v) is 3.55. The smallest absolute Gasteiger partial charge is 0.254 e. The summed E-state index contributed by atoms with van der Waals surface area (Å²) >= 11 is 0. The molecule has 6 nitrogen and oxygen atoms in total. The summed E-state index contributed by atoms with van der Waals surface area (Å²) in [6, 6.07) is 6.13. The van der Waals surface area contributed by atoms with Crippen molar-refractivity contribution in [3.05, 3.63) is 41.8 Å². The molecule has 1 aromatic heterocycles. The Morgan fingerprint density at radius 1 is 1.19 bits per heavy atom. The number of carbonyl (C=O) groups is 1. The Hall–Kier alpha value is -2.41. The van der Waals surface area contributed by atoms with E-state index in [0.717, 1.165) is 38.2 Å². The van der Waals surface area contributed by atoms with Crippen molar-refractivity contribution < 1.29 is 13.9 Å². The number of hydrogen-bond donors (Lipinski definition) is 2. The zero-order chi connectivity index (χ0) is 18.8. The Labute approximate surface area is 157 Å². The molecule has 0 atom stereocenters. The molecule has 0 saturated heterocycles. The minimum atomic E-state index is -0.535. The number of carbonyl (C=O) groups excluding carboxylic acids is 1. The summed E-state index contributed by atoms with van der Waals surface area (Å²) in [5.41, 5.74) is 6.51. The van der Waals surface area contributed by atoms with Crippen LogP contribution < -0.4 is 11.1 Å². The van der Waals surface area contributed by atoms with Crippen molar-refractivity contribution in [1.29, 1.82) is 0 Å². The molecule has 0 spiro atoms. The van der Waals surface area contributed by atoms with Crippen LogP contribution in [-0.2, 0) is 4.74 Å². The second-order valence-electron chi connectivity index (χ2n) is 7.57. The first-order chi connectivity index (χ1) is 13.1. The third-order valence-corrected chi connectivity index (χ3v) is 5.39. The van der Waals surface area contributed by atoms with Gasteiger partial charge in [0.05, 0.1) is 12.1 Å². The molecule has 0 aliphatic heterocycles. The maximum Gasteiger partial charge on any atom is 0.254 e. The van der Waals surface area contributed by atoms with Gasteiger partial charge in [0.25, 0.3) is 5.91 Å². The number of nitrogens with zero attached hydrogens (tertiary/aromatic N) is 2. The van der Waals surface area contributed by atoms with E-state index in [-0.39, 0.29) is 11.9 Å². The minimum Gasteiger partial charge on any atom is -0.378 e. The highest BCUT2D eigenvalue weighted by atomic mass is 19.1. The van der Waals surface area contributed by atoms with E-state index in [1.807, 2.05) is 4.68 Å². The molecular weight excluding hydrogens is 347 g/mol. The molecule has 7 heteroatoms. The lowest BCUT2D eigenvalue weighted by molar-refractivity contribution is 0.0127. The van der Waals surface area contributed by atoms with Crippen molar-refractivity contribution in [1.82, 2.24) is 9.78 Å². The van der Waals surface area contributed by atoms with E-state index in [2.05, 4.69) is 10.4 Å². The number of nitrogens with two attached hydrogens (primary N) is 1. The van der Waals surface area contributed by atoms with Crippen LogP contribution in [0.2, 0.25) is 0 Å². The highest BCUT2D eigenvalue weighted by molar-refractivity contribution is 5.98. The summed E-state index contributed by atoms with van der Waals surface area (Å²) in [7, 11) is 0. The second kappa shape index (κ2) is 7.68. The van der Waals surface area contributed by atoms with E-state index in [4.69, 9.17) is 10.5 Å². The summed E-state index contributed by atoms with van der Waals surface area (Å²) in [6.07, 6.45) is 8.60. The first kappa shape index (κ1) is 18.0. The van der Waals surface area contributed by atoms with E-state index in [0.29, 0.717) is 23.2 Å². The largest absolute Gasteiger partial charge is 0.378 e. The number of hydrogen-bond acceptors (Lipinski definition) is 4. The van der Waals surface area contributed by atoms with Crippen LogP contribution in [0, 0.1) is 11.7 Å². The van der Waals surface area contributed by atoms with Gasteiger partial charge >= 0.3 is 0 Å². The molecule has 2 aromatic rings. The fourth-order valence-electron chi connectivity index (χ4n) is 3.55. The molecule has 2 aliphatic rings. The SMILES string of the molecule is NC(=O)c1cn(C2CCC(OCC3CC3)CC2)nc1Nc1ccc(F)cc1.